The van der Waals surface area contributed by atoms with Gasteiger partial charge in [0.1, 0.15) is 0 Å². The Hall–Kier alpha value is 1.49. The summed E-state index contributed by atoms with van der Waals surface area (Å²) in [6.07, 6.45) is -0.688. The molecule has 0 aliphatic heterocycles. The molecule has 160 valence electrons. The van der Waals surface area contributed by atoms with E-state index in [9.17, 15) is 43.1 Å². The Labute approximate surface area is 177 Å². The summed E-state index contributed by atoms with van der Waals surface area (Å²) in [5.74, 6) is -0.137. The molecule has 0 rings (SSSR count). The van der Waals surface area contributed by atoms with Gasteiger partial charge in [0.2, 0.25) is 0 Å². The average Bonchev–Trinajstić information content (AvgIpc) is 2.04. The van der Waals surface area contributed by atoms with Crippen LogP contribution in [-0.4, -0.2) is 18.5 Å². The molecule has 0 saturated heterocycles. The van der Waals surface area contributed by atoms with Crippen LogP contribution in [0, 0.1) is 17.8 Å². The zero-order valence-corrected chi connectivity index (χ0v) is 20.5. The maximum Gasteiger partial charge on any atom is 3.00 e. The zero-order chi connectivity index (χ0) is 20.4. The monoisotopic (exact) mass is 520 g/mol. The van der Waals surface area contributed by atoms with Gasteiger partial charge in [-0.3, -0.25) is 0 Å². The fraction of sp³-hybridized carbons (Fsp3) is 1.00. The van der Waals surface area contributed by atoms with Crippen LogP contribution in [0.3, 0.4) is 0 Å². The van der Waals surface area contributed by atoms with Crippen LogP contribution in [-0.2, 0) is 47.8 Å². The van der Waals surface area contributed by atoms with Crippen molar-refractivity contribution in [2.45, 2.75) is 41.5 Å². The fourth-order valence-corrected chi connectivity index (χ4v) is 4.02. The van der Waals surface area contributed by atoms with Crippen molar-refractivity contribution in [3.63, 3.8) is 0 Å². The normalized spacial score (nSPS) is 11.7. The van der Waals surface area contributed by atoms with E-state index in [1.807, 2.05) is 0 Å². The maximum absolute atomic E-state index is 9.91. The van der Waals surface area contributed by atoms with Crippen molar-refractivity contribution in [1.82, 2.24) is 0 Å². The Morgan fingerprint density at radius 3 is 0.615 bits per heavy atom. The van der Waals surface area contributed by atoms with Crippen molar-refractivity contribution >= 4 is 22.8 Å². The summed E-state index contributed by atoms with van der Waals surface area (Å²) in [7, 11) is -12.7. The van der Waals surface area contributed by atoms with Gasteiger partial charge in [0.15, 0.2) is 0 Å². The predicted molar refractivity (Wildman–Crippen MR) is 81.9 cm³/mol. The van der Waals surface area contributed by atoms with Crippen molar-refractivity contribution in [2.75, 3.05) is 18.5 Å². The van der Waals surface area contributed by atoms with Crippen molar-refractivity contribution in [3.05, 3.63) is 0 Å². The molecule has 0 fully saturated rings. The second-order valence-electron chi connectivity index (χ2n) is 6.56. The molecule has 0 bridgehead atoms. The van der Waals surface area contributed by atoms with E-state index >= 15 is 0 Å². The molecular formula is C12H27Fe2O9P3. The van der Waals surface area contributed by atoms with Crippen molar-refractivity contribution in [2.24, 2.45) is 17.8 Å². The third-order valence-electron chi connectivity index (χ3n) is 1.77. The summed E-state index contributed by atoms with van der Waals surface area (Å²) in [5.41, 5.74) is 0. The molecule has 0 aromatic carbocycles. The molecule has 0 aliphatic carbocycles. The van der Waals surface area contributed by atoms with Gasteiger partial charge in [-0.25, -0.2) is 0 Å². The molecule has 0 aliphatic rings. The van der Waals surface area contributed by atoms with Crippen molar-refractivity contribution in [3.8, 4) is 0 Å². The Bertz CT molecular complexity index is 388. The standard InChI is InChI=1S/3C4H11O3P.2Fe/c3*1-4(2)3-8(5,6)7;;/h3*4H,3H2,1-2H3,(H2,5,6,7);;/q;;;2*+3/p-6. The van der Waals surface area contributed by atoms with Crippen LogP contribution in [0.1, 0.15) is 41.5 Å². The second-order valence-corrected chi connectivity index (χ2v) is 11.3. The van der Waals surface area contributed by atoms with Crippen LogP contribution in [0.15, 0.2) is 0 Å². The van der Waals surface area contributed by atoms with Gasteiger partial charge in [0.05, 0.1) is 0 Å². The summed E-state index contributed by atoms with van der Waals surface area (Å²) < 4.78 is 29.7. The number of hydrogen-bond donors (Lipinski definition) is 0. The van der Waals surface area contributed by atoms with Gasteiger partial charge in [-0.05, 0) is 36.2 Å². The van der Waals surface area contributed by atoms with E-state index in [1.165, 1.54) is 0 Å². The van der Waals surface area contributed by atoms with Crippen LogP contribution in [0.25, 0.3) is 0 Å². The minimum Gasteiger partial charge on any atom is -0.811 e. The van der Waals surface area contributed by atoms with Gasteiger partial charge in [-0.15, -0.1) is 0 Å². The first-order valence-corrected chi connectivity index (χ1v) is 12.5. The molecule has 0 aromatic heterocycles. The van der Waals surface area contributed by atoms with Crippen molar-refractivity contribution in [1.29, 1.82) is 0 Å². The molecular weight excluding hydrogens is 493 g/mol. The predicted octanol–water partition coefficient (Wildman–Crippen LogP) is -1.34. The minimum atomic E-state index is -4.22. The van der Waals surface area contributed by atoms with Crippen LogP contribution >= 0.6 is 22.8 Å². The Kier molecular flexibility index (Phi) is 25.5. The van der Waals surface area contributed by atoms with Gasteiger partial charge < -0.3 is 43.1 Å². The largest absolute Gasteiger partial charge is 3.00 e. The van der Waals surface area contributed by atoms with E-state index in [-0.39, 0.29) is 70.4 Å². The Morgan fingerprint density at radius 1 is 0.500 bits per heavy atom. The van der Waals surface area contributed by atoms with Crippen LogP contribution < -0.4 is 29.4 Å². The number of rotatable bonds is 6. The van der Waals surface area contributed by atoms with E-state index < -0.39 is 22.8 Å². The summed E-state index contributed by atoms with van der Waals surface area (Å²) in [5, 5.41) is 0. The number of hydrogen-bond acceptors (Lipinski definition) is 9. The molecule has 0 N–H and O–H groups in total. The smallest absolute Gasteiger partial charge is 0.811 e. The van der Waals surface area contributed by atoms with E-state index in [2.05, 4.69) is 0 Å². The van der Waals surface area contributed by atoms with E-state index in [1.54, 1.807) is 41.5 Å². The molecule has 0 aromatic rings. The first kappa shape index (κ1) is 38.1. The van der Waals surface area contributed by atoms with Gasteiger partial charge >= 0.3 is 34.1 Å². The second kappa shape index (κ2) is 17.4. The SMILES string of the molecule is CC(C)CP(=O)([O-])[O-].CC(C)CP(=O)([O-])[O-].CC(C)CP(=O)([O-])[O-].[Fe+3].[Fe+3]. The van der Waals surface area contributed by atoms with E-state index in [0.29, 0.717) is 0 Å². The summed E-state index contributed by atoms with van der Waals surface area (Å²) in [6, 6.07) is 0. The van der Waals surface area contributed by atoms with Gasteiger partial charge in [-0.1, -0.05) is 64.3 Å². The molecule has 14 heteroatoms. The zero-order valence-electron chi connectivity index (χ0n) is 15.6. The third-order valence-corrected chi connectivity index (χ3v) is 5.30. The molecule has 0 spiro atoms. The quantitative estimate of drug-likeness (QED) is 0.302. The fourth-order valence-electron chi connectivity index (χ4n) is 1.34. The molecule has 0 atom stereocenters. The molecule has 0 unspecified atom stereocenters. The van der Waals surface area contributed by atoms with Crippen LogP contribution in [0.4, 0.5) is 0 Å². The average molecular weight is 520 g/mol. The molecule has 0 amide bonds. The molecule has 0 saturated carbocycles. The Morgan fingerprint density at radius 2 is 0.615 bits per heavy atom. The van der Waals surface area contributed by atoms with Gasteiger partial charge in [-0.2, -0.15) is 0 Å². The Balaban J connectivity index is -0.0000000817. The maximum atomic E-state index is 9.91. The van der Waals surface area contributed by atoms with Crippen LogP contribution in [0.5, 0.6) is 0 Å². The third kappa shape index (κ3) is 56.2. The first-order valence-electron chi connectivity index (χ1n) is 7.28. The molecule has 26 heavy (non-hydrogen) atoms. The molecule has 9 nitrogen and oxygen atoms in total. The first-order chi connectivity index (χ1) is 10.2. The summed E-state index contributed by atoms with van der Waals surface area (Å²) in [6.45, 7) is 10.2. The van der Waals surface area contributed by atoms with E-state index in [4.69, 9.17) is 0 Å². The molecule has 0 heterocycles. The molecule has 2 radical (unpaired) electrons. The minimum absolute atomic E-state index is 0. The van der Waals surface area contributed by atoms with E-state index in [0.717, 1.165) is 0 Å². The van der Waals surface area contributed by atoms with Gasteiger partial charge in [0, 0.05) is 0 Å². The van der Waals surface area contributed by atoms with Gasteiger partial charge in [0.25, 0.3) is 0 Å². The topological polar surface area (TPSA) is 190 Å². The summed E-state index contributed by atoms with van der Waals surface area (Å²) in [4.78, 5) is 59.5. The van der Waals surface area contributed by atoms with Crippen LogP contribution in [0.2, 0.25) is 0 Å². The van der Waals surface area contributed by atoms with Crippen molar-refractivity contribution < 1.29 is 77.2 Å². The summed E-state index contributed by atoms with van der Waals surface area (Å²) >= 11 is 0.